The Morgan fingerprint density at radius 3 is 2.36 bits per heavy atom. The van der Waals surface area contributed by atoms with Gasteiger partial charge in [0, 0.05) is 0 Å². The highest BCUT2D eigenvalue weighted by Crippen LogP contribution is 2.16. The Labute approximate surface area is 129 Å². The van der Waals surface area contributed by atoms with E-state index in [4.69, 9.17) is 4.84 Å². The molecule has 0 aliphatic carbocycles. The van der Waals surface area contributed by atoms with Gasteiger partial charge in [-0.05, 0) is 17.7 Å². The molecule has 0 heterocycles. The van der Waals surface area contributed by atoms with Crippen LogP contribution in [-0.4, -0.2) is 20.6 Å². The van der Waals surface area contributed by atoms with Crippen LogP contribution in [0.5, 0.6) is 0 Å². The van der Waals surface area contributed by atoms with Crippen LogP contribution in [0.25, 0.3) is 0 Å². The van der Waals surface area contributed by atoms with Crippen molar-refractivity contribution in [3.05, 3.63) is 65.7 Å². The van der Waals surface area contributed by atoms with Gasteiger partial charge >= 0.3 is 0 Å². The number of amides is 1. The fraction of sp³-hybridized carbons (Fsp3) is 0.133. The Kier molecular flexibility index (Phi) is 5.13. The third-order valence-electron chi connectivity index (χ3n) is 2.71. The lowest BCUT2D eigenvalue weighted by molar-refractivity contribution is 0.0234. The normalized spacial score (nSPS) is 11.0. The van der Waals surface area contributed by atoms with Crippen LogP contribution in [0.4, 0.5) is 5.69 Å². The summed E-state index contributed by atoms with van der Waals surface area (Å²) in [7, 11) is -3.47. The van der Waals surface area contributed by atoms with Gasteiger partial charge in [0.15, 0.2) is 0 Å². The van der Waals surface area contributed by atoms with E-state index in [1.807, 2.05) is 30.3 Å². The molecule has 0 bridgehead atoms. The first kappa shape index (κ1) is 16.0. The number of sulfonamides is 1. The number of nitrogens with one attached hydrogen (secondary N) is 2. The molecule has 0 atom stereocenters. The van der Waals surface area contributed by atoms with E-state index in [1.165, 1.54) is 12.1 Å². The lowest BCUT2D eigenvalue weighted by atomic mass is 10.2. The van der Waals surface area contributed by atoms with E-state index in [-0.39, 0.29) is 17.9 Å². The van der Waals surface area contributed by atoms with Crippen LogP contribution in [0.1, 0.15) is 15.9 Å². The Morgan fingerprint density at radius 1 is 1.05 bits per heavy atom. The zero-order chi connectivity index (χ0) is 16.0. The van der Waals surface area contributed by atoms with Crippen LogP contribution < -0.4 is 10.2 Å². The third-order valence-corrected chi connectivity index (χ3v) is 3.30. The minimum Gasteiger partial charge on any atom is -0.283 e. The molecule has 116 valence electrons. The average molecular weight is 320 g/mol. The topological polar surface area (TPSA) is 84.5 Å². The van der Waals surface area contributed by atoms with Gasteiger partial charge in [-0.15, -0.1) is 0 Å². The molecule has 0 unspecified atom stereocenters. The van der Waals surface area contributed by atoms with Gasteiger partial charge in [0.25, 0.3) is 5.91 Å². The zero-order valence-electron chi connectivity index (χ0n) is 11.9. The molecule has 2 rings (SSSR count). The summed E-state index contributed by atoms with van der Waals surface area (Å²) in [6, 6.07) is 15.6. The summed E-state index contributed by atoms with van der Waals surface area (Å²) in [5.74, 6) is -0.525. The molecule has 0 aliphatic rings. The van der Waals surface area contributed by atoms with Crippen LogP contribution in [0.2, 0.25) is 0 Å². The molecule has 0 saturated carbocycles. The van der Waals surface area contributed by atoms with E-state index in [1.54, 1.807) is 12.1 Å². The van der Waals surface area contributed by atoms with Gasteiger partial charge in [0.05, 0.1) is 24.1 Å². The van der Waals surface area contributed by atoms with Gasteiger partial charge in [-0.2, -0.15) is 0 Å². The number of carbonyl (C=O) groups is 1. The van der Waals surface area contributed by atoms with Crippen LogP contribution >= 0.6 is 0 Å². The lowest BCUT2D eigenvalue weighted by Gasteiger charge is -2.11. The Balaban J connectivity index is 2.01. The average Bonchev–Trinajstić information content (AvgIpc) is 2.47. The molecule has 0 spiro atoms. The lowest BCUT2D eigenvalue weighted by Crippen LogP contribution is -2.25. The van der Waals surface area contributed by atoms with Crippen molar-refractivity contribution < 1.29 is 18.0 Å². The first-order valence-electron chi connectivity index (χ1n) is 6.48. The zero-order valence-corrected chi connectivity index (χ0v) is 12.8. The number of hydroxylamine groups is 1. The monoisotopic (exact) mass is 320 g/mol. The maximum atomic E-state index is 12.1. The largest absolute Gasteiger partial charge is 0.283 e. The van der Waals surface area contributed by atoms with Crippen LogP contribution in [-0.2, 0) is 21.5 Å². The van der Waals surface area contributed by atoms with Crippen molar-refractivity contribution in [2.45, 2.75) is 6.61 Å². The van der Waals surface area contributed by atoms with E-state index in [9.17, 15) is 13.2 Å². The second-order valence-corrected chi connectivity index (χ2v) is 6.37. The Bertz CT molecular complexity index is 745. The van der Waals surface area contributed by atoms with Crippen molar-refractivity contribution in [1.29, 1.82) is 0 Å². The van der Waals surface area contributed by atoms with Crippen molar-refractivity contribution in [1.82, 2.24) is 5.48 Å². The summed E-state index contributed by atoms with van der Waals surface area (Å²) in [5.41, 5.74) is 3.59. The molecule has 0 fully saturated rings. The van der Waals surface area contributed by atoms with Crippen LogP contribution in [0, 0.1) is 0 Å². The first-order chi connectivity index (χ1) is 10.5. The SMILES string of the molecule is CS(=O)(=O)Nc1ccccc1C(=O)NOCc1ccccc1. The summed E-state index contributed by atoms with van der Waals surface area (Å²) in [6.45, 7) is 0.217. The second-order valence-electron chi connectivity index (χ2n) is 4.63. The van der Waals surface area contributed by atoms with Gasteiger partial charge in [-0.1, -0.05) is 42.5 Å². The van der Waals surface area contributed by atoms with E-state index in [2.05, 4.69) is 10.2 Å². The molecule has 0 radical (unpaired) electrons. The number of carbonyl (C=O) groups excluding carboxylic acids is 1. The van der Waals surface area contributed by atoms with Crippen molar-refractivity contribution >= 4 is 21.6 Å². The van der Waals surface area contributed by atoms with Crippen LogP contribution in [0.15, 0.2) is 54.6 Å². The number of rotatable bonds is 6. The van der Waals surface area contributed by atoms with E-state index >= 15 is 0 Å². The molecular weight excluding hydrogens is 304 g/mol. The second kappa shape index (κ2) is 7.06. The van der Waals surface area contributed by atoms with Gasteiger partial charge in [0.1, 0.15) is 0 Å². The van der Waals surface area contributed by atoms with Gasteiger partial charge in [-0.25, -0.2) is 13.9 Å². The van der Waals surface area contributed by atoms with Crippen molar-refractivity contribution in [2.75, 3.05) is 11.0 Å². The first-order valence-corrected chi connectivity index (χ1v) is 8.38. The van der Waals surface area contributed by atoms with Gasteiger partial charge in [0.2, 0.25) is 10.0 Å². The van der Waals surface area contributed by atoms with E-state index in [0.29, 0.717) is 0 Å². The quantitative estimate of drug-likeness (QED) is 0.796. The van der Waals surface area contributed by atoms with Gasteiger partial charge < -0.3 is 0 Å². The summed E-state index contributed by atoms with van der Waals surface area (Å²) in [5, 5.41) is 0. The number of hydrogen-bond acceptors (Lipinski definition) is 4. The minimum atomic E-state index is -3.47. The predicted octanol–water partition coefficient (Wildman–Crippen LogP) is 1.92. The summed E-state index contributed by atoms with van der Waals surface area (Å²) >= 11 is 0. The molecule has 2 aromatic rings. The molecular formula is C15H16N2O4S. The smallest absolute Gasteiger partial charge is 0.276 e. The minimum absolute atomic E-state index is 0.181. The molecule has 6 nitrogen and oxygen atoms in total. The number of benzene rings is 2. The van der Waals surface area contributed by atoms with Crippen molar-refractivity contribution in [2.24, 2.45) is 0 Å². The molecule has 1 amide bonds. The van der Waals surface area contributed by atoms with Gasteiger partial charge in [-0.3, -0.25) is 14.4 Å². The fourth-order valence-electron chi connectivity index (χ4n) is 1.78. The number of hydrogen-bond donors (Lipinski definition) is 2. The Morgan fingerprint density at radius 2 is 1.68 bits per heavy atom. The standard InChI is InChI=1S/C15H16N2O4S/c1-22(19,20)17-14-10-6-5-9-13(14)15(18)16-21-11-12-7-3-2-4-8-12/h2-10,17H,11H2,1H3,(H,16,18). The van der Waals surface area contributed by atoms with E-state index < -0.39 is 15.9 Å². The third kappa shape index (κ3) is 4.87. The molecule has 0 saturated heterocycles. The number of para-hydroxylation sites is 1. The molecule has 2 N–H and O–H groups in total. The molecule has 0 aromatic heterocycles. The molecule has 7 heteroatoms. The number of anilines is 1. The van der Waals surface area contributed by atoms with Crippen molar-refractivity contribution in [3.63, 3.8) is 0 Å². The highest BCUT2D eigenvalue weighted by Gasteiger charge is 2.13. The summed E-state index contributed by atoms with van der Waals surface area (Å²) < 4.78 is 24.9. The maximum Gasteiger partial charge on any atom is 0.276 e. The molecule has 0 aliphatic heterocycles. The Hall–Kier alpha value is -2.38. The highest BCUT2D eigenvalue weighted by atomic mass is 32.2. The maximum absolute atomic E-state index is 12.1. The highest BCUT2D eigenvalue weighted by molar-refractivity contribution is 7.92. The van der Waals surface area contributed by atoms with Crippen LogP contribution in [0.3, 0.4) is 0 Å². The summed E-state index contributed by atoms with van der Waals surface area (Å²) in [6.07, 6.45) is 1.02. The molecule has 2 aromatic carbocycles. The summed E-state index contributed by atoms with van der Waals surface area (Å²) in [4.78, 5) is 17.2. The van der Waals surface area contributed by atoms with E-state index in [0.717, 1.165) is 11.8 Å². The van der Waals surface area contributed by atoms with Crippen molar-refractivity contribution in [3.8, 4) is 0 Å². The fourth-order valence-corrected chi connectivity index (χ4v) is 2.36. The predicted molar refractivity (Wildman–Crippen MR) is 83.6 cm³/mol. The molecule has 22 heavy (non-hydrogen) atoms.